The van der Waals surface area contributed by atoms with E-state index in [2.05, 4.69) is 5.32 Å². The summed E-state index contributed by atoms with van der Waals surface area (Å²) in [6.07, 6.45) is 0.0402. The number of anilines is 2. The van der Waals surface area contributed by atoms with Gasteiger partial charge in [-0.15, -0.1) is 0 Å². The molecule has 0 aliphatic carbocycles. The molecule has 2 aromatic carbocycles. The SMILES string of the molecule is NS(=O)(=O)c1ccc(NC(=O)[C@@H]2CC(=O)N(c3ccc(F)cc3)C2)cc1. The third-order valence-corrected chi connectivity index (χ3v) is 5.01. The number of amides is 2. The van der Waals surface area contributed by atoms with Gasteiger partial charge in [-0.1, -0.05) is 0 Å². The van der Waals surface area contributed by atoms with Gasteiger partial charge in [0.1, 0.15) is 5.82 Å². The maximum atomic E-state index is 13.0. The number of sulfonamides is 1. The van der Waals surface area contributed by atoms with Crippen LogP contribution in [0.5, 0.6) is 0 Å². The number of halogens is 1. The molecule has 1 saturated heterocycles. The van der Waals surface area contributed by atoms with Crippen molar-refractivity contribution < 1.29 is 22.4 Å². The summed E-state index contributed by atoms with van der Waals surface area (Å²) >= 11 is 0. The van der Waals surface area contributed by atoms with Gasteiger partial charge < -0.3 is 10.2 Å². The highest BCUT2D eigenvalue weighted by molar-refractivity contribution is 7.89. The summed E-state index contributed by atoms with van der Waals surface area (Å²) in [6.45, 7) is 0.186. The second-order valence-corrected chi connectivity index (χ2v) is 7.50. The van der Waals surface area contributed by atoms with Crippen LogP contribution in [0.3, 0.4) is 0 Å². The van der Waals surface area contributed by atoms with Gasteiger partial charge in [0.2, 0.25) is 21.8 Å². The lowest BCUT2D eigenvalue weighted by Gasteiger charge is -2.16. The first kappa shape index (κ1) is 18.0. The third kappa shape index (κ3) is 3.89. The number of hydrogen-bond acceptors (Lipinski definition) is 4. The second-order valence-electron chi connectivity index (χ2n) is 5.94. The fraction of sp³-hybridized carbons (Fsp3) is 0.176. The second kappa shape index (κ2) is 6.85. The maximum Gasteiger partial charge on any atom is 0.238 e. The van der Waals surface area contributed by atoms with Gasteiger partial charge in [0.15, 0.2) is 0 Å². The van der Waals surface area contributed by atoms with Gasteiger partial charge >= 0.3 is 0 Å². The standard InChI is InChI=1S/C17H16FN3O4S/c18-12-1-5-14(6-2-12)21-10-11(9-16(21)22)17(23)20-13-3-7-15(8-4-13)26(19,24)25/h1-8,11H,9-10H2,(H,20,23)(H2,19,24,25)/t11-/m1/s1. The molecule has 136 valence electrons. The molecule has 26 heavy (non-hydrogen) atoms. The number of nitrogens with two attached hydrogens (primary N) is 1. The molecule has 7 nitrogen and oxygen atoms in total. The molecule has 0 spiro atoms. The van der Waals surface area contributed by atoms with Crippen molar-refractivity contribution in [3.05, 3.63) is 54.3 Å². The number of primary sulfonamides is 1. The molecule has 0 saturated carbocycles. The molecule has 3 N–H and O–H groups in total. The summed E-state index contributed by atoms with van der Waals surface area (Å²) in [7, 11) is -3.80. The van der Waals surface area contributed by atoms with Crippen LogP contribution in [0.1, 0.15) is 6.42 Å². The number of nitrogens with one attached hydrogen (secondary N) is 1. The molecule has 0 unspecified atom stereocenters. The van der Waals surface area contributed by atoms with Gasteiger partial charge in [0.05, 0.1) is 10.8 Å². The van der Waals surface area contributed by atoms with E-state index in [0.29, 0.717) is 11.4 Å². The number of hydrogen-bond donors (Lipinski definition) is 2. The lowest BCUT2D eigenvalue weighted by molar-refractivity contribution is -0.122. The van der Waals surface area contributed by atoms with E-state index in [0.717, 1.165) is 0 Å². The zero-order valence-electron chi connectivity index (χ0n) is 13.6. The Morgan fingerprint density at radius 3 is 2.31 bits per heavy atom. The predicted octanol–water partition coefficient (Wildman–Crippen LogP) is 1.46. The number of carbonyl (C=O) groups excluding carboxylic acids is 2. The molecule has 0 bridgehead atoms. The van der Waals surface area contributed by atoms with Crippen LogP contribution in [-0.2, 0) is 19.6 Å². The zero-order chi connectivity index (χ0) is 18.9. The highest BCUT2D eigenvalue weighted by atomic mass is 32.2. The monoisotopic (exact) mass is 377 g/mol. The van der Waals surface area contributed by atoms with Gasteiger partial charge in [-0.05, 0) is 48.5 Å². The summed E-state index contributed by atoms with van der Waals surface area (Å²) < 4.78 is 35.5. The first-order chi connectivity index (χ1) is 12.2. The zero-order valence-corrected chi connectivity index (χ0v) is 14.4. The summed E-state index contributed by atoms with van der Waals surface area (Å²) in [5.41, 5.74) is 0.930. The van der Waals surface area contributed by atoms with E-state index in [9.17, 15) is 22.4 Å². The highest BCUT2D eigenvalue weighted by Gasteiger charge is 2.35. The fourth-order valence-corrected chi connectivity index (χ4v) is 3.24. The van der Waals surface area contributed by atoms with Crippen molar-refractivity contribution in [3.63, 3.8) is 0 Å². The topological polar surface area (TPSA) is 110 Å². The van der Waals surface area contributed by atoms with Crippen LogP contribution in [0.2, 0.25) is 0 Å². The van der Waals surface area contributed by atoms with Gasteiger partial charge in [-0.25, -0.2) is 17.9 Å². The molecule has 1 fully saturated rings. The van der Waals surface area contributed by atoms with Crippen LogP contribution in [0, 0.1) is 11.7 Å². The Morgan fingerprint density at radius 1 is 1.12 bits per heavy atom. The Morgan fingerprint density at radius 2 is 1.73 bits per heavy atom. The summed E-state index contributed by atoms with van der Waals surface area (Å²) in [5, 5.41) is 7.67. The maximum absolute atomic E-state index is 13.0. The van der Waals surface area contributed by atoms with Gasteiger partial charge in [-0.3, -0.25) is 9.59 Å². The Bertz CT molecular complexity index is 943. The molecule has 0 aromatic heterocycles. The van der Waals surface area contributed by atoms with Crippen LogP contribution in [0.4, 0.5) is 15.8 Å². The summed E-state index contributed by atoms with van der Waals surface area (Å²) in [5.74, 6) is -1.55. The van der Waals surface area contributed by atoms with Crippen LogP contribution < -0.4 is 15.4 Å². The molecular formula is C17H16FN3O4S. The Hall–Kier alpha value is -2.78. The number of carbonyl (C=O) groups is 2. The first-order valence-electron chi connectivity index (χ1n) is 7.74. The average molecular weight is 377 g/mol. The van der Waals surface area contributed by atoms with Crippen LogP contribution in [-0.4, -0.2) is 26.8 Å². The van der Waals surface area contributed by atoms with Crippen molar-refractivity contribution in [2.45, 2.75) is 11.3 Å². The summed E-state index contributed by atoms with van der Waals surface area (Å²) in [6, 6.07) is 10.9. The van der Waals surface area contributed by atoms with Gasteiger partial charge in [0.25, 0.3) is 0 Å². The van der Waals surface area contributed by atoms with E-state index in [-0.39, 0.29) is 29.7 Å². The number of benzene rings is 2. The van der Waals surface area contributed by atoms with Crippen molar-refractivity contribution in [2.75, 3.05) is 16.8 Å². The minimum Gasteiger partial charge on any atom is -0.326 e. The minimum absolute atomic E-state index is 0.0402. The van der Waals surface area contributed by atoms with Crippen molar-refractivity contribution in [1.82, 2.24) is 0 Å². The van der Waals surface area contributed by atoms with Gasteiger partial charge in [-0.2, -0.15) is 0 Å². The van der Waals surface area contributed by atoms with E-state index in [4.69, 9.17) is 5.14 Å². The Kier molecular flexibility index (Phi) is 4.75. The summed E-state index contributed by atoms with van der Waals surface area (Å²) in [4.78, 5) is 25.9. The van der Waals surface area contributed by atoms with Crippen LogP contribution in [0.25, 0.3) is 0 Å². The molecule has 1 aliphatic rings. The largest absolute Gasteiger partial charge is 0.326 e. The number of rotatable bonds is 4. The lowest BCUT2D eigenvalue weighted by Crippen LogP contribution is -2.28. The smallest absolute Gasteiger partial charge is 0.238 e. The molecule has 9 heteroatoms. The van der Waals surface area contributed by atoms with E-state index < -0.39 is 21.8 Å². The lowest BCUT2D eigenvalue weighted by atomic mass is 10.1. The van der Waals surface area contributed by atoms with Crippen molar-refractivity contribution >= 4 is 33.2 Å². The van der Waals surface area contributed by atoms with Crippen molar-refractivity contribution in [2.24, 2.45) is 11.1 Å². The fourth-order valence-electron chi connectivity index (χ4n) is 2.73. The van der Waals surface area contributed by atoms with E-state index in [1.807, 2.05) is 0 Å². The molecular weight excluding hydrogens is 361 g/mol. The normalized spacial score (nSPS) is 17.4. The van der Waals surface area contributed by atoms with Crippen LogP contribution in [0.15, 0.2) is 53.4 Å². The molecule has 1 atom stereocenters. The molecule has 2 amide bonds. The van der Waals surface area contributed by atoms with Crippen LogP contribution >= 0.6 is 0 Å². The van der Waals surface area contributed by atoms with Crippen molar-refractivity contribution in [3.8, 4) is 0 Å². The van der Waals surface area contributed by atoms with E-state index in [1.165, 1.54) is 53.4 Å². The molecule has 1 aliphatic heterocycles. The molecule has 1 heterocycles. The third-order valence-electron chi connectivity index (χ3n) is 4.08. The average Bonchev–Trinajstić information content (AvgIpc) is 2.97. The number of nitrogens with zero attached hydrogens (tertiary/aromatic N) is 1. The Labute approximate surface area is 149 Å². The molecule has 3 rings (SSSR count). The van der Waals surface area contributed by atoms with E-state index >= 15 is 0 Å². The van der Waals surface area contributed by atoms with E-state index in [1.54, 1.807) is 0 Å². The molecule has 2 aromatic rings. The minimum atomic E-state index is -3.80. The van der Waals surface area contributed by atoms with Gasteiger partial charge in [0, 0.05) is 24.3 Å². The first-order valence-corrected chi connectivity index (χ1v) is 9.28. The molecule has 0 radical (unpaired) electrons. The predicted molar refractivity (Wildman–Crippen MR) is 93.3 cm³/mol. The van der Waals surface area contributed by atoms with Crippen molar-refractivity contribution in [1.29, 1.82) is 0 Å². The quantitative estimate of drug-likeness (QED) is 0.841. The highest BCUT2D eigenvalue weighted by Crippen LogP contribution is 2.26. The Balaban J connectivity index is 1.67.